The van der Waals surface area contributed by atoms with Crippen molar-refractivity contribution in [3.63, 3.8) is 0 Å². The van der Waals surface area contributed by atoms with Gasteiger partial charge in [-0.25, -0.2) is 9.59 Å². The van der Waals surface area contributed by atoms with Crippen LogP contribution in [0.4, 0.5) is 0 Å². The van der Waals surface area contributed by atoms with E-state index < -0.39 is 36.2 Å². The second-order valence-corrected chi connectivity index (χ2v) is 5.81. The Morgan fingerprint density at radius 3 is 2.50 bits per heavy atom. The molecule has 1 heterocycles. The van der Waals surface area contributed by atoms with Gasteiger partial charge in [0.2, 0.25) is 0 Å². The maximum atomic E-state index is 12.0. The van der Waals surface area contributed by atoms with Gasteiger partial charge in [-0.2, -0.15) is 0 Å². The molecule has 0 fully saturated rings. The SMILES string of the molecule is C/C=C1/CC2=C(C(=O)OC2=O)[C@H](CCC)[C@H](O)C(O)C[C@@H]1O. The fraction of sp³-hybridized carbons (Fsp3) is 0.625. The van der Waals surface area contributed by atoms with Crippen LogP contribution < -0.4 is 0 Å². The number of ether oxygens (including phenoxy) is 1. The maximum Gasteiger partial charge on any atom is 0.342 e. The third-order valence-electron chi connectivity index (χ3n) is 4.40. The van der Waals surface area contributed by atoms with Crippen LogP contribution in [0.2, 0.25) is 0 Å². The Bertz CT molecular complexity index is 533. The summed E-state index contributed by atoms with van der Waals surface area (Å²) in [4.78, 5) is 24.0. The van der Waals surface area contributed by atoms with E-state index in [0.717, 1.165) is 0 Å². The first-order valence-electron chi connectivity index (χ1n) is 7.59. The van der Waals surface area contributed by atoms with Crippen LogP contribution in [0.15, 0.2) is 22.8 Å². The Labute approximate surface area is 129 Å². The fourth-order valence-corrected chi connectivity index (χ4v) is 3.18. The number of esters is 2. The quantitative estimate of drug-likeness (QED) is 0.392. The number of rotatable bonds is 2. The molecule has 2 aliphatic rings. The number of aliphatic hydroxyl groups excluding tert-OH is 3. The average Bonchev–Trinajstić information content (AvgIpc) is 2.75. The molecule has 0 amide bonds. The van der Waals surface area contributed by atoms with Gasteiger partial charge in [0, 0.05) is 18.8 Å². The van der Waals surface area contributed by atoms with Gasteiger partial charge < -0.3 is 20.1 Å². The molecule has 0 saturated heterocycles. The lowest BCUT2D eigenvalue weighted by Crippen LogP contribution is -2.37. The zero-order valence-electron chi connectivity index (χ0n) is 12.8. The van der Waals surface area contributed by atoms with E-state index in [1.807, 2.05) is 6.92 Å². The number of aliphatic hydroxyl groups is 3. The van der Waals surface area contributed by atoms with Gasteiger partial charge in [-0.05, 0) is 18.9 Å². The van der Waals surface area contributed by atoms with E-state index in [1.54, 1.807) is 13.0 Å². The zero-order valence-corrected chi connectivity index (χ0v) is 12.8. The normalized spacial score (nSPS) is 35.0. The topological polar surface area (TPSA) is 104 Å². The van der Waals surface area contributed by atoms with Crippen molar-refractivity contribution in [3.8, 4) is 0 Å². The Hall–Kier alpha value is -1.50. The predicted molar refractivity (Wildman–Crippen MR) is 77.5 cm³/mol. The number of hydrogen-bond donors (Lipinski definition) is 3. The summed E-state index contributed by atoms with van der Waals surface area (Å²) in [6.07, 6.45) is -0.558. The summed E-state index contributed by atoms with van der Waals surface area (Å²) in [6.45, 7) is 3.60. The van der Waals surface area contributed by atoms with E-state index in [1.165, 1.54) is 0 Å². The highest BCUT2D eigenvalue weighted by Crippen LogP contribution is 2.37. The standard InChI is InChI=1S/C16H22O6/c1-3-5-9-13-10(15(20)22-16(13)21)6-8(4-2)11(17)7-12(18)14(9)19/h4,9,11-12,14,17-19H,3,5-7H2,1-2H3/b8-4-/t9-,11-,12?,14-/m0/s1. The summed E-state index contributed by atoms with van der Waals surface area (Å²) in [5.41, 5.74) is 0.859. The lowest BCUT2D eigenvalue weighted by molar-refractivity contribution is -0.151. The first-order valence-corrected chi connectivity index (χ1v) is 7.59. The van der Waals surface area contributed by atoms with Crippen molar-refractivity contribution < 1.29 is 29.6 Å². The highest BCUT2D eigenvalue weighted by atomic mass is 16.6. The summed E-state index contributed by atoms with van der Waals surface area (Å²) in [5.74, 6) is -2.15. The molecule has 122 valence electrons. The summed E-state index contributed by atoms with van der Waals surface area (Å²) >= 11 is 0. The van der Waals surface area contributed by atoms with Crippen LogP contribution >= 0.6 is 0 Å². The molecule has 1 aliphatic carbocycles. The number of allylic oxidation sites excluding steroid dienone is 1. The van der Waals surface area contributed by atoms with Gasteiger partial charge in [0.1, 0.15) is 0 Å². The maximum absolute atomic E-state index is 12.0. The van der Waals surface area contributed by atoms with Crippen molar-refractivity contribution in [1.82, 2.24) is 0 Å². The molecular formula is C16H22O6. The molecule has 6 heteroatoms. The van der Waals surface area contributed by atoms with Gasteiger partial charge in [-0.15, -0.1) is 0 Å². The molecule has 0 spiro atoms. The average molecular weight is 310 g/mol. The number of cyclic esters (lactones) is 2. The van der Waals surface area contributed by atoms with Crippen molar-refractivity contribution in [1.29, 1.82) is 0 Å². The highest BCUT2D eigenvalue weighted by molar-refractivity contribution is 6.12. The van der Waals surface area contributed by atoms with Crippen molar-refractivity contribution in [2.75, 3.05) is 0 Å². The van der Waals surface area contributed by atoms with E-state index in [4.69, 9.17) is 4.74 Å². The molecular weight excluding hydrogens is 288 g/mol. The van der Waals surface area contributed by atoms with E-state index in [9.17, 15) is 24.9 Å². The van der Waals surface area contributed by atoms with Gasteiger partial charge in [0.25, 0.3) is 0 Å². The van der Waals surface area contributed by atoms with Gasteiger partial charge in [-0.3, -0.25) is 0 Å². The summed E-state index contributed by atoms with van der Waals surface area (Å²) < 4.78 is 4.69. The molecule has 6 nitrogen and oxygen atoms in total. The largest absolute Gasteiger partial charge is 0.390 e. The van der Waals surface area contributed by atoms with E-state index in [2.05, 4.69) is 0 Å². The van der Waals surface area contributed by atoms with Crippen molar-refractivity contribution in [3.05, 3.63) is 22.8 Å². The van der Waals surface area contributed by atoms with Crippen LogP contribution in [0.3, 0.4) is 0 Å². The van der Waals surface area contributed by atoms with E-state index in [-0.39, 0.29) is 24.0 Å². The van der Waals surface area contributed by atoms with Crippen molar-refractivity contribution in [2.24, 2.45) is 5.92 Å². The Morgan fingerprint density at radius 2 is 1.91 bits per heavy atom. The first kappa shape index (κ1) is 16.9. The molecule has 0 aromatic carbocycles. The van der Waals surface area contributed by atoms with Gasteiger partial charge in [0.15, 0.2) is 0 Å². The first-order chi connectivity index (χ1) is 10.4. The summed E-state index contributed by atoms with van der Waals surface area (Å²) in [5, 5.41) is 30.7. The summed E-state index contributed by atoms with van der Waals surface area (Å²) in [6, 6.07) is 0. The van der Waals surface area contributed by atoms with Crippen LogP contribution in [0.25, 0.3) is 0 Å². The lowest BCUT2D eigenvalue weighted by Gasteiger charge is -2.27. The smallest absolute Gasteiger partial charge is 0.342 e. The monoisotopic (exact) mass is 310 g/mol. The molecule has 0 aromatic heterocycles. The molecule has 0 radical (unpaired) electrons. The van der Waals surface area contributed by atoms with Gasteiger partial charge in [-0.1, -0.05) is 19.4 Å². The molecule has 0 saturated carbocycles. The highest BCUT2D eigenvalue weighted by Gasteiger charge is 2.43. The predicted octanol–water partition coefficient (Wildman–Crippen LogP) is 0.605. The third-order valence-corrected chi connectivity index (χ3v) is 4.40. The van der Waals surface area contributed by atoms with Crippen LogP contribution in [0.5, 0.6) is 0 Å². The minimum atomic E-state index is -1.23. The van der Waals surface area contributed by atoms with Crippen LogP contribution in [-0.2, 0) is 14.3 Å². The number of hydrogen-bond acceptors (Lipinski definition) is 6. The van der Waals surface area contributed by atoms with Crippen molar-refractivity contribution in [2.45, 2.75) is 57.8 Å². The molecule has 4 atom stereocenters. The summed E-state index contributed by atoms with van der Waals surface area (Å²) in [7, 11) is 0. The second-order valence-electron chi connectivity index (χ2n) is 5.81. The van der Waals surface area contributed by atoms with E-state index >= 15 is 0 Å². The van der Waals surface area contributed by atoms with Crippen LogP contribution in [0.1, 0.15) is 39.5 Å². The Balaban J connectivity index is 2.55. The molecule has 1 unspecified atom stereocenters. The molecule has 2 rings (SSSR count). The van der Waals surface area contributed by atoms with Gasteiger partial charge >= 0.3 is 11.9 Å². The van der Waals surface area contributed by atoms with Crippen LogP contribution in [0, 0.1) is 5.92 Å². The molecule has 22 heavy (non-hydrogen) atoms. The second kappa shape index (κ2) is 6.73. The fourth-order valence-electron chi connectivity index (χ4n) is 3.18. The number of carbonyl (C=O) groups excluding carboxylic acids is 2. The molecule has 0 aromatic rings. The third kappa shape index (κ3) is 2.99. The Kier molecular flexibility index (Phi) is 5.16. The zero-order chi connectivity index (χ0) is 16.4. The lowest BCUT2D eigenvalue weighted by atomic mass is 9.84. The number of carbonyl (C=O) groups is 2. The van der Waals surface area contributed by atoms with Crippen LogP contribution in [-0.4, -0.2) is 45.6 Å². The molecule has 3 N–H and O–H groups in total. The van der Waals surface area contributed by atoms with Crippen molar-refractivity contribution >= 4 is 11.9 Å². The minimum Gasteiger partial charge on any atom is -0.390 e. The van der Waals surface area contributed by atoms with E-state index in [0.29, 0.717) is 18.4 Å². The minimum absolute atomic E-state index is 0.0369. The molecule has 1 aliphatic heterocycles. The van der Waals surface area contributed by atoms with Gasteiger partial charge in [0.05, 0.1) is 29.5 Å². The molecule has 0 bridgehead atoms. The Morgan fingerprint density at radius 1 is 1.23 bits per heavy atom.